The van der Waals surface area contributed by atoms with Crippen LogP contribution in [0.1, 0.15) is 48.9 Å². The Morgan fingerprint density at radius 3 is 2.22 bits per heavy atom. The molecule has 2 heteroatoms. The van der Waals surface area contributed by atoms with E-state index in [0.29, 0.717) is 12.0 Å². The van der Waals surface area contributed by atoms with Gasteiger partial charge < -0.3 is 5.32 Å². The average molecular weight is 359 g/mol. The van der Waals surface area contributed by atoms with Gasteiger partial charge in [0.2, 0.25) is 0 Å². The second-order valence-electron chi connectivity index (χ2n) is 7.24. The minimum absolute atomic E-state index is 0.369. The number of hydrogen-bond donors (Lipinski definition) is 1. The zero-order valence-corrected chi connectivity index (χ0v) is 16.2. The normalized spacial score (nSPS) is 13.2. The number of aryl methyl sites for hydroxylation is 1. The lowest BCUT2D eigenvalue weighted by Crippen LogP contribution is -2.27. The number of benzene rings is 2. The van der Waals surface area contributed by atoms with E-state index in [4.69, 9.17) is 0 Å². The third kappa shape index (κ3) is 6.33. The Morgan fingerprint density at radius 2 is 1.52 bits per heavy atom. The molecule has 3 rings (SSSR count). The van der Waals surface area contributed by atoms with Crippen molar-refractivity contribution in [1.29, 1.82) is 0 Å². The van der Waals surface area contributed by atoms with Crippen LogP contribution in [0.15, 0.2) is 85.1 Å². The molecule has 0 bridgehead atoms. The Kier molecular flexibility index (Phi) is 7.61. The summed E-state index contributed by atoms with van der Waals surface area (Å²) in [6.07, 6.45) is 6.46. The zero-order valence-electron chi connectivity index (χ0n) is 16.2. The van der Waals surface area contributed by atoms with Crippen LogP contribution in [0.3, 0.4) is 0 Å². The van der Waals surface area contributed by atoms with Crippen LogP contribution < -0.4 is 5.32 Å². The molecule has 0 radical (unpaired) electrons. The second kappa shape index (κ2) is 10.6. The van der Waals surface area contributed by atoms with Gasteiger partial charge in [-0.2, -0.15) is 0 Å². The van der Waals surface area contributed by atoms with E-state index in [0.717, 1.165) is 25.8 Å². The maximum absolute atomic E-state index is 4.61. The van der Waals surface area contributed by atoms with Gasteiger partial charge in [-0.1, -0.05) is 66.7 Å². The molecule has 0 saturated heterocycles. The number of hydrogen-bond acceptors (Lipinski definition) is 2. The van der Waals surface area contributed by atoms with Crippen molar-refractivity contribution in [3.63, 3.8) is 0 Å². The van der Waals surface area contributed by atoms with Crippen molar-refractivity contribution in [2.24, 2.45) is 0 Å². The highest BCUT2D eigenvalue weighted by atomic mass is 14.9. The third-order valence-corrected chi connectivity index (χ3v) is 5.12. The summed E-state index contributed by atoms with van der Waals surface area (Å²) in [5.74, 6) is 0.369. The topological polar surface area (TPSA) is 24.9 Å². The van der Waals surface area contributed by atoms with E-state index in [1.54, 1.807) is 0 Å². The van der Waals surface area contributed by atoms with Gasteiger partial charge in [-0.15, -0.1) is 0 Å². The van der Waals surface area contributed by atoms with Crippen LogP contribution >= 0.6 is 0 Å². The summed E-state index contributed by atoms with van der Waals surface area (Å²) in [6, 6.07) is 28.3. The summed E-state index contributed by atoms with van der Waals surface area (Å²) >= 11 is 0. The molecule has 0 aliphatic carbocycles. The van der Waals surface area contributed by atoms with Crippen LogP contribution in [0.2, 0.25) is 0 Å². The summed E-state index contributed by atoms with van der Waals surface area (Å²) in [4.78, 5) is 4.61. The summed E-state index contributed by atoms with van der Waals surface area (Å²) in [7, 11) is 0. The monoisotopic (exact) mass is 358 g/mol. The number of aromatic nitrogens is 1. The van der Waals surface area contributed by atoms with Crippen LogP contribution in [0.25, 0.3) is 0 Å². The molecular formula is C25H30N2. The first-order valence-electron chi connectivity index (χ1n) is 10.1. The van der Waals surface area contributed by atoms with E-state index in [9.17, 15) is 0 Å². The zero-order chi connectivity index (χ0) is 18.7. The van der Waals surface area contributed by atoms with Gasteiger partial charge in [-0.25, -0.2) is 0 Å². The molecule has 1 heterocycles. The van der Waals surface area contributed by atoms with E-state index >= 15 is 0 Å². The van der Waals surface area contributed by atoms with Crippen molar-refractivity contribution in [1.82, 2.24) is 10.3 Å². The van der Waals surface area contributed by atoms with Crippen LogP contribution in [-0.2, 0) is 6.42 Å². The fraction of sp³-hybridized carbons (Fsp3) is 0.320. The number of nitrogens with one attached hydrogen (secondary N) is 1. The highest BCUT2D eigenvalue weighted by Gasteiger charge is 2.14. The Bertz CT molecular complexity index is 717. The minimum atomic E-state index is 0.369. The third-order valence-electron chi connectivity index (χ3n) is 5.12. The maximum atomic E-state index is 4.61. The van der Waals surface area contributed by atoms with Crippen LogP contribution in [0.4, 0.5) is 0 Å². The fourth-order valence-corrected chi connectivity index (χ4v) is 3.54. The van der Waals surface area contributed by atoms with E-state index in [-0.39, 0.29) is 0 Å². The number of pyridine rings is 1. The Morgan fingerprint density at radius 1 is 0.815 bits per heavy atom. The van der Waals surface area contributed by atoms with E-state index in [1.807, 2.05) is 12.3 Å². The lowest BCUT2D eigenvalue weighted by molar-refractivity contribution is 0.492. The first-order chi connectivity index (χ1) is 13.3. The molecule has 0 fully saturated rings. The largest absolute Gasteiger partial charge is 0.314 e. The van der Waals surface area contributed by atoms with Crippen molar-refractivity contribution >= 4 is 0 Å². The van der Waals surface area contributed by atoms with Crippen LogP contribution in [0.5, 0.6) is 0 Å². The lowest BCUT2D eigenvalue weighted by atomic mass is 9.90. The molecule has 2 aromatic carbocycles. The number of rotatable bonds is 10. The molecule has 27 heavy (non-hydrogen) atoms. The SMILES string of the molecule is CC(CCc1ccccc1)NCCCC(c1ccccc1)c1ccccn1. The molecule has 0 aliphatic rings. The highest BCUT2D eigenvalue weighted by molar-refractivity contribution is 5.28. The first kappa shape index (κ1) is 19.3. The van der Waals surface area contributed by atoms with Gasteiger partial charge in [0.05, 0.1) is 0 Å². The second-order valence-corrected chi connectivity index (χ2v) is 7.24. The molecule has 2 nitrogen and oxygen atoms in total. The highest BCUT2D eigenvalue weighted by Crippen LogP contribution is 2.27. The summed E-state index contributed by atoms with van der Waals surface area (Å²) < 4.78 is 0. The van der Waals surface area contributed by atoms with Crippen molar-refractivity contribution in [2.45, 2.75) is 44.6 Å². The summed E-state index contributed by atoms with van der Waals surface area (Å²) in [5, 5.41) is 3.69. The molecule has 2 unspecified atom stereocenters. The predicted octanol–water partition coefficient (Wildman–Crippen LogP) is 5.60. The number of nitrogens with zero attached hydrogens (tertiary/aromatic N) is 1. The molecule has 0 amide bonds. The van der Waals surface area contributed by atoms with Crippen molar-refractivity contribution in [3.8, 4) is 0 Å². The smallest absolute Gasteiger partial charge is 0.0478 e. The Balaban J connectivity index is 1.46. The van der Waals surface area contributed by atoms with Crippen LogP contribution in [0, 0.1) is 0 Å². The Hall–Kier alpha value is -2.45. The quantitative estimate of drug-likeness (QED) is 0.477. The standard InChI is InChI=1S/C25H30N2/c1-21(17-18-22-11-4-2-5-12-22)26-20-10-15-24(23-13-6-3-7-14-23)25-16-8-9-19-27-25/h2-9,11-14,16,19,21,24,26H,10,15,17-18,20H2,1H3. The summed E-state index contributed by atoms with van der Waals surface area (Å²) in [6.45, 7) is 3.34. The molecule has 0 spiro atoms. The molecule has 1 aromatic heterocycles. The molecule has 0 aliphatic heterocycles. The fourth-order valence-electron chi connectivity index (χ4n) is 3.54. The predicted molar refractivity (Wildman–Crippen MR) is 114 cm³/mol. The van der Waals surface area contributed by atoms with E-state index in [2.05, 4.69) is 90.0 Å². The van der Waals surface area contributed by atoms with Gasteiger partial charge in [0.25, 0.3) is 0 Å². The van der Waals surface area contributed by atoms with Gasteiger partial charge >= 0.3 is 0 Å². The maximum Gasteiger partial charge on any atom is 0.0478 e. The Labute approximate surface area is 163 Å². The minimum Gasteiger partial charge on any atom is -0.314 e. The molecule has 2 atom stereocenters. The average Bonchev–Trinajstić information content (AvgIpc) is 2.74. The van der Waals surface area contributed by atoms with Gasteiger partial charge in [-0.05, 0) is 62.4 Å². The van der Waals surface area contributed by atoms with Gasteiger partial charge in [0.1, 0.15) is 0 Å². The first-order valence-corrected chi connectivity index (χ1v) is 10.1. The molecule has 140 valence electrons. The van der Waals surface area contributed by atoms with Crippen molar-refractivity contribution in [2.75, 3.05) is 6.54 Å². The molecule has 3 aromatic rings. The van der Waals surface area contributed by atoms with E-state index < -0.39 is 0 Å². The molecular weight excluding hydrogens is 328 g/mol. The van der Waals surface area contributed by atoms with E-state index in [1.165, 1.54) is 23.2 Å². The summed E-state index contributed by atoms with van der Waals surface area (Å²) in [5.41, 5.74) is 3.94. The van der Waals surface area contributed by atoms with Gasteiger partial charge in [0, 0.05) is 23.9 Å². The lowest BCUT2D eigenvalue weighted by Gasteiger charge is -2.18. The molecule has 1 N–H and O–H groups in total. The van der Waals surface area contributed by atoms with Gasteiger partial charge in [-0.3, -0.25) is 4.98 Å². The van der Waals surface area contributed by atoms with Gasteiger partial charge in [0.15, 0.2) is 0 Å². The van der Waals surface area contributed by atoms with Crippen molar-refractivity contribution < 1.29 is 0 Å². The molecule has 0 saturated carbocycles. The van der Waals surface area contributed by atoms with Crippen molar-refractivity contribution in [3.05, 3.63) is 102 Å². The van der Waals surface area contributed by atoms with Crippen LogP contribution in [-0.4, -0.2) is 17.6 Å².